The average Bonchev–Trinajstić information content (AvgIpc) is 2.77. The van der Waals surface area contributed by atoms with Crippen LogP contribution >= 0.6 is 23.5 Å². The first kappa shape index (κ1) is 20.8. The summed E-state index contributed by atoms with van der Waals surface area (Å²) in [5.41, 5.74) is 2.81. The maximum atomic E-state index is 13.2. The van der Waals surface area contributed by atoms with Crippen molar-refractivity contribution >= 4 is 40.6 Å². The molecule has 0 radical (unpaired) electrons. The van der Waals surface area contributed by atoms with E-state index in [-0.39, 0.29) is 12.5 Å². The van der Waals surface area contributed by atoms with Crippen molar-refractivity contribution in [2.75, 3.05) is 12.0 Å². The molecule has 2 heterocycles. The van der Waals surface area contributed by atoms with Gasteiger partial charge in [0, 0.05) is 17.1 Å². The highest BCUT2D eigenvalue weighted by atomic mass is 32.2. The highest BCUT2D eigenvalue weighted by Gasteiger charge is 2.41. The molecule has 7 heteroatoms. The summed E-state index contributed by atoms with van der Waals surface area (Å²) in [6.45, 7) is 1.99. The van der Waals surface area contributed by atoms with Crippen molar-refractivity contribution in [3.8, 4) is 0 Å². The van der Waals surface area contributed by atoms with Crippen LogP contribution in [0.25, 0.3) is 0 Å². The van der Waals surface area contributed by atoms with Crippen LogP contribution in [-0.2, 0) is 20.9 Å². The zero-order chi connectivity index (χ0) is 21.1. The molecule has 1 amide bonds. The van der Waals surface area contributed by atoms with Crippen LogP contribution < -0.4 is 0 Å². The Morgan fingerprint density at radius 3 is 2.63 bits per heavy atom. The number of ether oxygens (including phenoxy) is 1. The second-order valence-electron chi connectivity index (χ2n) is 6.99. The van der Waals surface area contributed by atoms with Crippen LogP contribution in [0.15, 0.2) is 75.8 Å². The lowest BCUT2D eigenvalue weighted by Crippen LogP contribution is -2.45. The molecule has 30 heavy (non-hydrogen) atoms. The summed E-state index contributed by atoms with van der Waals surface area (Å²) in [5.74, 6) is 0.238. The summed E-state index contributed by atoms with van der Waals surface area (Å²) in [6, 6.07) is 17.0. The Morgan fingerprint density at radius 2 is 1.93 bits per heavy atom. The van der Waals surface area contributed by atoms with E-state index in [0.29, 0.717) is 28.6 Å². The van der Waals surface area contributed by atoms with Crippen molar-refractivity contribution in [2.45, 2.75) is 30.9 Å². The first-order valence-corrected chi connectivity index (χ1v) is 11.9. The summed E-state index contributed by atoms with van der Waals surface area (Å²) in [4.78, 5) is 33.4. The number of esters is 1. The standard InChI is InChI=1S/C23H22N2O3S2/c1-15-20(22(27)28-14-16-6-4-3-5-7-16)21(17-8-10-18(29-2)11-9-17)25-19(26)12-13-30-23(25)24-15/h3-11,21H,12-14H2,1-2H3/t21-/m1/s1. The summed E-state index contributed by atoms with van der Waals surface area (Å²) >= 11 is 3.20. The molecule has 0 unspecified atom stereocenters. The van der Waals surface area contributed by atoms with Gasteiger partial charge in [-0.3, -0.25) is 9.69 Å². The molecule has 0 aliphatic carbocycles. The smallest absolute Gasteiger partial charge is 0.338 e. The van der Waals surface area contributed by atoms with Crippen molar-refractivity contribution in [2.24, 2.45) is 4.99 Å². The third-order valence-electron chi connectivity index (χ3n) is 5.07. The molecule has 2 aliphatic rings. The number of rotatable bonds is 5. The molecule has 0 aromatic heterocycles. The van der Waals surface area contributed by atoms with Gasteiger partial charge >= 0.3 is 5.97 Å². The zero-order valence-corrected chi connectivity index (χ0v) is 18.5. The molecule has 1 atom stereocenters. The summed E-state index contributed by atoms with van der Waals surface area (Å²) in [6.07, 6.45) is 2.44. The van der Waals surface area contributed by atoms with Gasteiger partial charge in [-0.1, -0.05) is 54.2 Å². The molecule has 1 fully saturated rings. The number of nitrogens with zero attached hydrogens (tertiary/aromatic N) is 2. The maximum Gasteiger partial charge on any atom is 0.338 e. The molecule has 2 aliphatic heterocycles. The Morgan fingerprint density at radius 1 is 1.20 bits per heavy atom. The van der Waals surface area contributed by atoms with Crippen molar-refractivity contribution in [1.82, 2.24) is 4.90 Å². The molecule has 2 aromatic rings. The van der Waals surface area contributed by atoms with E-state index in [1.807, 2.05) is 67.8 Å². The van der Waals surface area contributed by atoms with Crippen LogP contribution in [0.1, 0.15) is 30.5 Å². The first-order valence-electron chi connectivity index (χ1n) is 9.68. The molecular weight excluding hydrogens is 416 g/mol. The number of benzene rings is 2. The van der Waals surface area contributed by atoms with E-state index in [1.54, 1.807) is 28.4 Å². The molecular formula is C23H22N2O3S2. The Balaban J connectivity index is 1.70. The van der Waals surface area contributed by atoms with Crippen LogP contribution in [0.5, 0.6) is 0 Å². The molecule has 0 bridgehead atoms. The Kier molecular flexibility index (Phi) is 6.29. The number of aliphatic imine (C=N–C) groups is 1. The van der Waals surface area contributed by atoms with Crippen LogP contribution in [0.3, 0.4) is 0 Å². The van der Waals surface area contributed by atoms with Gasteiger partial charge in [0.2, 0.25) is 5.91 Å². The van der Waals surface area contributed by atoms with E-state index in [2.05, 4.69) is 4.99 Å². The number of thioether (sulfide) groups is 2. The highest BCUT2D eigenvalue weighted by molar-refractivity contribution is 8.14. The number of carbonyl (C=O) groups excluding carboxylic acids is 2. The van der Waals surface area contributed by atoms with Crippen LogP contribution in [0.2, 0.25) is 0 Å². The van der Waals surface area contributed by atoms with E-state index in [9.17, 15) is 9.59 Å². The number of fused-ring (bicyclic) bond motifs is 1. The van der Waals surface area contributed by atoms with Crippen molar-refractivity contribution < 1.29 is 14.3 Å². The second-order valence-corrected chi connectivity index (χ2v) is 8.93. The molecule has 154 valence electrons. The normalized spacial score (nSPS) is 18.7. The van der Waals surface area contributed by atoms with Crippen LogP contribution in [0.4, 0.5) is 0 Å². The monoisotopic (exact) mass is 438 g/mol. The third kappa shape index (κ3) is 4.18. The molecule has 5 nitrogen and oxygen atoms in total. The summed E-state index contributed by atoms with van der Waals surface area (Å²) in [5, 5.41) is 0.655. The van der Waals surface area contributed by atoms with E-state index in [4.69, 9.17) is 4.74 Å². The van der Waals surface area contributed by atoms with Crippen molar-refractivity contribution in [3.05, 3.63) is 77.0 Å². The number of hydrogen-bond acceptors (Lipinski definition) is 6. The van der Waals surface area contributed by atoms with Gasteiger partial charge in [0.05, 0.1) is 17.3 Å². The maximum absolute atomic E-state index is 13.2. The third-order valence-corrected chi connectivity index (χ3v) is 6.77. The fourth-order valence-electron chi connectivity index (χ4n) is 3.56. The number of hydrogen-bond donors (Lipinski definition) is 0. The molecule has 1 saturated heterocycles. The number of amidine groups is 1. The van der Waals surface area contributed by atoms with Crippen molar-refractivity contribution in [3.63, 3.8) is 0 Å². The van der Waals surface area contributed by atoms with Gasteiger partial charge in [-0.15, -0.1) is 11.8 Å². The first-order chi connectivity index (χ1) is 14.6. The fourth-order valence-corrected chi connectivity index (χ4v) is 4.97. The molecule has 0 N–H and O–H groups in total. The Bertz CT molecular complexity index is 1020. The average molecular weight is 439 g/mol. The number of allylic oxidation sites excluding steroid dienone is 1. The van der Waals surface area contributed by atoms with Crippen molar-refractivity contribution in [1.29, 1.82) is 0 Å². The highest BCUT2D eigenvalue weighted by Crippen LogP contribution is 2.40. The van der Waals surface area contributed by atoms with E-state index in [0.717, 1.165) is 16.0 Å². The minimum absolute atomic E-state index is 0.0210. The van der Waals surface area contributed by atoms with E-state index >= 15 is 0 Å². The van der Waals surface area contributed by atoms with Crippen LogP contribution in [0, 0.1) is 0 Å². The van der Waals surface area contributed by atoms with Gasteiger partial charge in [0.15, 0.2) is 5.17 Å². The Labute approximate surface area is 184 Å². The van der Waals surface area contributed by atoms with Gasteiger partial charge < -0.3 is 4.74 Å². The predicted molar refractivity (Wildman–Crippen MR) is 121 cm³/mol. The zero-order valence-electron chi connectivity index (χ0n) is 16.8. The molecule has 2 aromatic carbocycles. The summed E-state index contributed by atoms with van der Waals surface area (Å²) in [7, 11) is 0. The van der Waals surface area contributed by atoms with Gasteiger partial charge in [-0.05, 0) is 36.4 Å². The lowest BCUT2D eigenvalue weighted by atomic mass is 9.94. The lowest BCUT2D eigenvalue weighted by molar-refractivity contribution is -0.141. The molecule has 0 saturated carbocycles. The summed E-state index contributed by atoms with van der Waals surface area (Å²) < 4.78 is 5.63. The topological polar surface area (TPSA) is 59.0 Å². The predicted octanol–water partition coefficient (Wildman–Crippen LogP) is 4.80. The van der Waals surface area contributed by atoms with Gasteiger partial charge in [0.25, 0.3) is 0 Å². The number of amides is 1. The quantitative estimate of drug-likeness (QED) is 0.496. The lowest BCUT2D eigenvalue weighted by Gasteiger charge is -2.39. The minimum atomic E-state index is -0.531. The molecule has 0 spiro atoms. The SMILES string of the molecule is CSc1ccc([C@@H]2C(C(=O)OCc3ccccc3)=C(C)N=C3SCCC(=O)N32)cc1. The second kappa shape index (κ2) is 9.10. The van der Waals surface area contributed by atoms with Crippen LogP contribution in [-0.4, -0.2) is 34.0 Å². The van der Waals surface area contributed by atoms with Gasteiger partial charge in [-0.2, -0.15) is 0 Å². The fraction of sp³-hybridized carbons (Fsp3) is 0.261. The van der Waals surface area contributed by atoms with Gasteiger partial charge in [0.1, 0.15) is 6.61 Å². The van der Waals surface area contributed by atoms with E-state index in [1.165, 1.54) is 0 Å². The van der Waals surface area contributed by atoms with Gasteiger partial charge in [-0.25, -0.2) is 9.79 Å². The molecule has 4 rings (SSSR count). The van der Waals surface area contributed by atoms with E-state index < -0.39 is 12.0 Å². The minimum Gasteiger partial charge on any atom is -0.457 e. The Hall–Kier alpha value is -2.51. The number of carbonyl (C=O) groups is 2. The largest absolute Gasteiger partial charge is 0.457 e.